The number of esters is 2. The van der Waals surface area contributed by atoms with Crippen molar-refractivity contribution in [3.05, 3.63) is 23.5 Å². The van der Waals surface area contributed by atoms with Gasteiger partial charge in [0.15, 0.2) is 0 Å². The monoisotopic (exact) mass is 390 g/mol. The van der Waals surface area contributed by atoms with Gasteiger partial charge in [-0.3, -0.25) is 0 Å². The minimum Gasteiger partial charge on any atom is -0.461 e. The molecule has 0 unspecified atom stereocenters. The van der Waals surface area contributed by atoms with Crippen LogP contribution >= 0.6 is 11.3 Å². The van der Waals surface area contributed by atoms with Crippen molar-refractivity contribution in [2.75, 3.05) is 13.2 Å². The maximum atomic E-state index is 12.4. The third-order valence-corrected chi connectivity index (χ3v) is 5.49. The highest BCUT2D eigenvalue weighted by atomic mass is 32.1. The molecule has 0 N–H and O–H groups in total. The van der Waals surface area contributed by atoms with Crippen LogP contribution in [0.4, 0.5) is 0 Å². The fraction of sp³-hybridized carbons (Fsp3) is 0.500. The lowest BCUT2D eigenvalue weighted by atomic mass is 10.4. The summed E-state index contributed by atoms with van der Waals surface area (Å²) in [6.07, 6.45) is 1.79. The molecule has 0 fully saturated rings. The van der Waals surface area contributed by atoms with E-state index >= 15 is 0 Å². The number of nitrogens with zero attached hydrogens (tertiary/aromatic N) is 2. The molecule has 0 aromatic carbocycles. The standard InChI is InChI=1S/C20H26N2O4S/c1-5-9-21-13(19(23)25-7-3)11-15-17(21)18-16(27-15)12-14(20(24)26-8-4)22(18)10-6-2/h11-12H,5-10H2,1-4H3. The van der Waals surface area contributed by atoms with Crippen LogP contribution in [-0.2, 0) is 22.6 Å². The molecule has 27 heavy (non-hydrogen) atoms. The normalized spacial score (nSPS) is 11.4. The molecule has 0 spiro atoms. The molecule has 0 aliphatic rings. The van der Waals surface area contributed by atoms with Crippen molar-refractivity contribution in [3.63, 3.8) is 0 Å². The van der Waals surface area contributed by atoms with E-state index < -0.39 is 0 Å². The number of ether oxygens (including phenoxy) is 2. The second kappa shape index (κ2) is 8.17. The average molecular weight is 391 g/mol. The van der Waals surface area contributed by atoms with Gasteiger partial charge in [-0.25, -0.2) is 9.59 Å². The van der Waals surface area contributed by atoms with Crippen LogP contribution < -0.4 is 0 Å². The maximum absolute atomic E-state index is 12.4. The summed E-state index contributed by atoms with van der Waals surface area (Å²) in [5.74, 6) is -0.608. The van der Waals surface area contributed by atoms with Gasteiger partial charge in [0.2, 0.25) is 0 Å². The summed E-state index contributed by atoms with van der Waals surface area (Å²) in [5, 5.41) is 0. The van der Waals surface area contributed by atoms with Gasteiger partial charge in [-0.15, -0.1) is 11.3 Å². The molecule has 0 bridgehead atoms. The van der Waals surface area contributed by atoms with Gasteiger partial charge in [0.1, 0.15) is 11.4 Å². The smallest absolute Gasteiger partial charge is 0.355 e. The zero-order valence-corrected chi connectivity index (χ0v) is 17.1. The van der Waals surface area contributed by atoms with Crippen LogP contribution in [0.1, 0.15) is 61.5 Å². The van der Waals surface area contributed by atoms with E-state index in [9.17, 15) is 9.59 Å². The molecule has 0 atom stereocenters. The van der Waals surface area contributed by atoms with Gasteiger partial charge >= 0.3 is 11.9 Å². The molecular weight excluding hydrogens is 364 g/mol. The summed E-state index contributed by atoms with van der Waals surface area (Å²) in [7, 11) is 0. The van der Waals surface area contributed by atoms with Crippen molar-refractivity contribution in [2.45, 2.75) is 53.6 Å². The van der Waals surface area contributed by atoms with E-state index in [1.165, 1.54) is 0 Å². The number of rotatable bonds is 8. The molecule has 3 aromatic rings. The minimum atomic E-state index is -0.304. The van der Waals surface area contributed by atoms with Crippen LogP contribution in [0.5, 0.6) is 0 Å². The van der Waals surface area contributed by atoms with Crippen LogP contribution in [0.3, 0.4) is 0 Å². The first-order valence-corrected chi connectivity index (χ1v) is 10.4. The van der Waals surface area contributed by atoms with Gasteiger partial charge < -0.3 is 18.6 Å². The Balaban J connectivity index is 2.27. The van der Waals surface area contributed by atoms with Gasteiger partial charge in [-0.1, -0.05) is 13.8 Å². The highest BCUT2D eigenvalue weighted by Gasteiger charge is 2.25. The van der Waals surface area contributed by atoms with Gasteiger partial charge in [0, 0.05) is 13.1 Å². The Morgan fingerprint density at radius 3 is 1.56 bits per heavy atom. The first kappa shape index (κ1) is 19.5. The first-order chi connectivity index (χ1) is 13.1. The number of aryl methyl sites for hydroxylation is 2. The number of carbonyl (C=O) groups excluding carboxylic acids is 2. The summed E-state index contributed by atoms with van der Waals surface area (Å²) < 4.78 is 16.6. The van der Waals surface area contributed by atoms with Crippen LogP contribution in [0.2, 0.25) is 0 Å². The SMILES string of the molecule is CCCn1c(C(=O)OCC)cc2sc3cc(C(=O)OCC)n(CCC)c3c21. The number of fused-ring (bicyclic) bond motifs is 3. The summed E-state index contributed by atoms with van der Waals surface area (Å²) >= 11 is 1.60. The lowest BCUT2D eigenvalue weighted by molar-refractivity contribution is 0.0504. The molecule has 3 heterocycles. The molecule has 0 saturated heterocycles. The highest BCUT2D eigenvalue weighted by molar-refractivity contribution is 7.25. The lowest BCUT2D eigenvalue weighted by Crippen LogP contribution is -2.14. The first-order valence-electron chi connectivity index (χ1n) is 9.56. The predicted molar refractivity (Wildman–Crippen MR) is 108 cm³/mol. The van der Waals surface area contributed by atoms with Gasteiger partial charge in [-0.05, 0) is 38.8 Å². The average Bonchev–Trinajstić information content (AvgIpc) is 3.25. The summed E-state index contributed by atoms with van der Waals surface area (Å²) in [5.41, 5.74) is 3.15. The van der Waals surface area contributed by atoms with Crippen molar-refractivity contribution in [3.8, 4) is 0 Å². The molecular formula is C20H26N2O4S. The zero-order chi connectivity index (χ0) is 19.6. The topological polar surface area (TPSA) is 62.5 Å². The van der Waals surface area contributed by atoms with Gasteiger partial charge in [0.25, 0.3) is 0 Å². The fourth-order valence-electron chi connectivity index (χ4n) is 3.47. The Bertz CT molecular complexity index is 902. The van der Waals surface area contributed by atoms with Gasteiger partial charge in [-0.2, -0.15) is 0 Å². The molecule has 3 rings (SSSR count). The summed E-state index contributed by atoms with van der Waals surface area (Å²) in [6.45, 7) is 9.91. The highest BCUT2D eigenvalue weighted by Crippen LogP contribution is 2.39. The lowest BCUT2D eigenvalue weighted by Gasteiger charge is -2.11. The minimum absolute atomic E-state index is 0.304. The maximum Gasteiger partial charge on any atom is 0.355 e. The largest absolute Gasteiger partial charge is 0.461 e. The van der Waals surface area contributed by atoms with Crippen molar-refractivity contribution >= 4 is 43.7 Å². The number of hydrogen-bond acceptors (Lipinski definition) is 5. The molecule has 3 aromatic heterocycles. The third-order valence-electron chi connectivity index (χ3n) is 4.43. The predicted octanol–water partition coefficient (Wildman–Crippen LogP) is 4.83. The van der Waals surface area contributed by atoms with Crippen molar-refractivity contribution in [1.29, 1.82) is 0 Å². The molecule has 0 saturated carbocycles. The molecule has 6 nitrogen and oxygen atoms in total. The number of aromatic nitrogens is 2. The van der Waals surface area contributed by atoms with Crippen LogP contribution in [0.15, 0.2) is 12.1 Å². The zero-order valence-electron chi connectivity index (χ0n) is 16.3. The Morgan fingerprint density at radius 2 is 1.22 bits per heavy atom. The van der Waals surface area contributed by atoms with E-state index in [1.807, 2.05) is 35.1 Å². The van der Waals surface area contributed by atoms with E-state index in [0.29, 0.717) is 24.6 Å². The van der Waals surface area contributed by atoms with Crippen LogP contribution in [0.25, 0.3) is 20.4 Å². The number of carbonyl (C=O) groups is 2. The van der Waals surface area contributed by atoms with Crippen molar-refractivity contribution in [2.24, 2.45) is 0 Å². The van der Waals surface area contributed by atoms with E-state index in [4.69, 9.17) is 9.47 Å². The Kier molecular flexibility index (Phi) is 5.89. The van der Waals surface area contributed by atoms with E-state index in [1.54, 1.807) is 11.3 Å². The Labute approximate surface area is 162 Å². The summed E-state index contributed by atoms with van der Waals surface area (Å²) in [6, 6.07) is 3.82. The molecule has 146 valence electrons. The second-order valence-electron chi connectivity index (χ2n) is 6.33. The van der Waals surface area contributed by atoms with E-state index in [2.05, 4.69) is 13.8 Å². The Morgan fingerprint density at radius 1 is 0.815 bits per heavy atom. The molecule has 0 aliphatic heterocycles. The van der Waals surface area contributed by atoms with Crippen molar-refractivity contribution in [1.82, 2.24) is 9.13 Å². The molecule has 0 radical (unpaired) electrons. The van der Waals surface area contributed by atoms with Crippen molar-refractivity contribution < 1.29 is 19.1 Å². The van der Waals surface area contributed by atoms with Crippen LogP contribution in [-0.4, -0.2) is 34.3 Å². The third kappa shape index (κ3) is 3.36. The molecule has 7 heteroatoms. The number of hydrogen-bond donors (Lipinski definition) is 0. The quantitative estimate of drug-likeness (QED) is 0.517. The fourth-order valence-corrected chi connectivity index (χ4v) is 4.66. The molecule has 0 amide bonds. The van der Waals surface area contributed by atoms with Gasteiger partial charge in [0.05, 0.1) is 33.6 Å². The Hall–Kier alpha value is -2.28. The second-order valence-corrected chi connectivity index (χ2v) is 7.41. The number of thiophene rings is 1. The van der Waals surface area contributed by atoms with E-state index in [0.717, 1.165) is 46.4 Å². The van der Waals surface area contributed by atoms with Crippen LogP contribution in [0, 0.1) is 0 Å². The summed E-state index contributed by atoms with van der Waals surface area (Å²) in [4.78, 5) is 24.9. The molecule has 0 aliphatic carbocycles. The van der Waals surface area contributed by atoms with E-state index in [-0.39, 0.29) is 11.9 Å².